The Bertz CT molecular complexity index is 548. The van der Waals surface area contributed by atoms with E-state index in [0.717, 1.165) is 39.1 Å². The second kappa shape index (κ2) is 6.15. The van der Waals surface area contributed by atoms with E-state index in [2.05, 4.69) is 4.90 Å². The van der Waals surface area contributed by atoms with Crippen molar-refractivity contribution in [1.82, 2.24) is 14.7 Å². The third-order valence-corrected chi connectivity index (χ3v) is 7.18. The van der Waals surface area contributed by atoms with Crippen molar-refractivity contribution in [3.63, 3.8) is 0 Å². The fourth-order valence-electron chi connectivity index (χ4n) is 5.47. The molecule has 2 aliphatic heterocycles. The van der Waals surface area contributed by atoms with Crippen molar-refractivity contribution in [3.05, 3.63) is 0 Å². The maximum absolute atomic E-state index is 12.3. The van der Waals surface area contributed by atoms with Crippen LogP contribution in [-0.2, 0) is 9.53 Å². The minimum Gasteiger partial charge on any atom is -0.450 e. The van der Waals surface area contributed by atoms with Gasteiger partial charge < -0.3 is 14.5 Å². The Kier molecular flexibility index (Phi) is 4.21. The molecular weight excluding hydrogens is 318 g/mol. The van der Waals surface area contributed by atoms with Crippen molar-refractivity contribution in [2.24, 2.45) is 23.2 Å². The minimum absolute atomic E-state index is 0.147. The second-order valence-corrected chi connectivity index (χ2v) is 8.59. The minimum atomic E-state index is -0.147. The number of rotatable bonds is 4. The second-order valence-electron chi connectivity index (χ2n) is 8.59. The van der Waals surface area contributed by atoms with Crippen LogP contribution in [-0.4, -0.2) is 79.1 Å². The van der Waals surface area contributed by atoms with Crippen LogP contribution in [0.2, 0.25) is 0 Å². The van der Waals surface area contributed by atoms with Crippen molar-refractivity contribution >= 4 is 12.0 Å². The number of nitrogens with zero attached hydrogens (tertiary/aromatic N) is 3. The number of hydrogen-bond donors (Lipinski definition) is 0. The summed E-state index contributed by atoms with van der Waals surface area (Å²) in [7, 11) is 1.92. The van der Waals surface area contributed by atoms with Gasteiger partial charge in [0, 0.05) is 51.7 Å². The molecule has 2 amide bonds. The number of likely N-dealkylation sites (tertiary alicyclic amines) is 2. The third kappa shape index (κ3) is 2.82. The van der Waals surface area contributed by atoms with Crippen LogP contribution in [0.1, 0.15) is 33.1 Å². The lowest BCUT2D eigenvalue weighted by molar-refractivity contribution is -0.132. The Hall–Kier alpha value is -1.30. The fourth-order valence-corrected chi connectivity index (χ4v) is 5.47. The molecule has 1 spiro atoms. The first-order valence-corrected chi connectivity index (χ1v) is 9.88. The van der Waals surface area contributed by atoms with Gasteiger partial charge in [-0.3, -0.25) is 9.69 Å². The van der Waals surface area contributed by atoms with Crippen LogP contribution in [0.4, 0.5) is 4.79 Å². The predicted molar refractivity (Wildman–Crippen MR) is 94.0 cm³/mol. The highest BCUT2D eigenvalue weighted by molar-refractivity contribution is 5.82. The van der Waals surface area contributed by atoms with E-state index in [0.29, 0.717) is 41.7 Å². The zero-order valence-electron chi connectivity index (χ0n) is 15.7. The van der Waals surface area contributed by atoms with Gasteiger partial charge in [0.2, 0.25) is 5.91 Å². The van der Waals surface area contributed by atoms with Crippen LogP contribution < -0.4 is 0 Å². The number of fused-ring (bicyclic) bond motifs is 1. The number of piperidine rings is 1. The smallest absolute Gasteiger partial charge is 0.409 e. The van der Waals surface area contributed by atoms with Gasteiger partial charge >= 0.3 is 6.09 Å². The summed E-state index contributed by atoms with van der Waals surface area (Å²) in [5.74, 6) is 1.83. The van der Waals surface area contributed by atoms with E-state index >= 15 is 0 Å². The van der Waals surface area contributed by atoms with E-state index in [-0.39, 0.29) is 6.09 Å². The van der Waals surface area contributed by atoms with Gasteiger partial charge in [0.1, 0.15) is 0 Å². The van der Waals surface area contributed by atoms with E-state index in [9.17, 15) is 9.59 Å². The molecule has 2 aliphatic carbocycles. The predicted octanol–water partition coefficient (Wildman–Crippen LogP) is 1.65. The van der Waals surface area contributed by atoms with Gasteiger partial charge in [0.25, 0.3) is 0 Å². The number of amides is 2. The van der Waals surface area contributed by atoms with Gasteiger partial charge in [-0.2, -0.15) is 0 Å². The maximum Gasteiger partial charge on any atom is 0.409 e. The maximum atomic E-state index is 12.3. The van der Waals surface area contributed by atoms with Crippen molar-refractivity contribution in [2.75, 3.05) is 46.4 Å². The molecule has 0 aromatic heterocycles. The lowest BCUT2D eigenvalue weighted by Crippen LogP contribution is -2.52. The number of hydrogen-bond acceptors (Lipinski definition) is 4. The number of ether oxygens (including phenoxy) is 1. The summed E-state index contributed by atoms with van der Waals surface area (Å²) in [5.41, 5.74) is 0.335. The van der Waals surface area contributed by atoms with Crippen LogP contribution >= 0.6 is 0 Å². The molecule has 0 bridgehead atoms. The van der Waals surface area contributed by atoms with Crippen LogP contribution in [0.5, 0.6) is 0 Å². The van der Waals surface area contributed by atoms with Gasteiger partial charge in [0.05, 0.1) is 6.61 Å². The number of carbonyl (C=O) groups excluding carboxylic acids is 2. The Morgan fingerprint density at radius 2 is 1.88 bits per heavy atom. The molecule has 4 aliphatic rings. The van der Waals surface area contributed by atoms with Crippen LogP contribution in [0.15, 0.2) is 0 Å². The summed E-state index contributed by atoms with van der Waals surface area (Å²) in [4.78, 5) is 30.6. The highest BCUT2D eigenvalue weighted by Crippen LogP contribution is 2.57. The zero-order valence-corrected chi connectivity index (χ0v) is 15.7. The first-order valence-electron chi connectivity index (χ1n) is 9.88. The van der Waals surface area contributed by atoms with Crippen LogP contribution in [0.25, 0.3) is 0 Å². The van der Waals surface area contributed by atoms with E-state index in [4.69, 9.17) is 4.74 Å². The van der Waals surface area contributed by atoms with Gasteiger partial charge in [0.15, 0.2) is 0 Å². The molecule has 0 aromatic carbocycles. The molecular formula is C19H31N3O3. The lowest BCUT2D eigenvalue weighted by atomic mass is 9.64. The normalized spacial score (nSPS) is 39.2. The molecule has 25 heavy (non-hydrogen) atoms. The molecule has 0 N–H and O–H groups in total. The van der Waals surface area contributed by atoms with Crippen LogP contribution in [0, 0.1) is 23.2 Å². The number of carbonyl (C=O) groups is 2. The standard InChI is InChI=1S/C19H31N3O3/c1-4-20(3)17(23)16-14-10-22(11-15(14)16)13-8-19(9-13)6-7-21(12-19)18(24)25-5-2/h13-16H,4-12H2,1-3H3/t13?,14-,15+,16-,19?. The Labute approximate surface area is 150 Å². The first-order chi connectivity index (χ1) is 12.0. The Morgan fingerprint density at radius 3 is 2.48 bits per heavy atom. The molecule has 3 atom stereocenters. The summed E-state index contributed by atoms with van der Waals surface area (Å²) in [6, 6.07) is 0.662. The van der Waals surface area contributed by atoms with E-state index in [1.54, 1.807) is 0 Å². The summed E-state index contributed by atoms with van der Waals surface area (Å²) in [5, 5.41) is 0. The molecule has 0 radical (unpaired) electrons. The average molecular weight is 349 g/mol. The van der Waals surface area contributed by atoms with Gasteiger partial charge in [-0.1, -0.05) is 0 Å². The largest absolute Gasteiger partial charge is 0.450 e. The van der Waals surface area contributed by atoms with Crippen LogP contribution in [0.3, 0.4) is 0 Å². The molecule has 0 unspecified atom stereocenters. The van der Waals surface area contributed by atoms with Crippen molar-refractivity contribution < 1.29 is 14.3 Å². The highest BCUT2D eigenvalue weighted by Gasteiger charge is 2.62. The molecule has 2 saturated carbocycles. The lowest BCUT2D eigenvalue weighted by Gasteiger charge is -2.49. The Morgan fingerprint density at radius 1 is 1.20 bits per heavy atom. The summed E-state index contributed by atoms with van der Waals surface area (Å²) in [6.45, 7) is 9.06. The van der Waals surface area contributed by atoms with Gasteiger partial charge in [-0.15, -0.1) is 0 Å². The van der Waals surface area contributed by atoms with E-state index in [1.807, 2.05) is 30.7 Å². The molecule has 6 nitrogen and oxygen atoms in total. The monoisotopic (exact) mass is 349 g/mol. The quantitative estimate of drug-likeness (QED) is 0.774. The molecule has 0 aromatic rings. The average Bonchev–Trinajstić information content (AvgIpc) is 2.94. The molecule has 6 heteroatoms. The third-order valence-electron chi connectivity index (χ3n) is 7.18. The first kappa shape index (κ1) is 17.1. The van der Waals surface area contributed by atoms with E-state index < -0.39 is 0 Å². The molecule has 140 valence electrons. The zero-order chi connectivity index (χ0) is 17.8. The Balaban J connectivity index is 1.23. The summed E-state index contributed by atoms with van der Waals surface area (Å²) >= 11 is 0. The van der Waals surface area contributed by atoms with Crippen molar-refractivity contribution in [2.45, 2.75) is 39.2 Å². The fraction of sp³-hybridized carbons (Fsp3) is 0.895. The van der Waals surface area contributed by atoms with Gasteiger partial charge in [-0.05, 0) is 50.4 Å². The molecule has 4 fully saturated rings. The van der Waals surface area contributed by atoms with Crippen molar-refractivity contribution in [3.8, 4) is 0 Å². The molecule has 4 rings (SSSR count). The van der Waals surface area contributed by atoms with E-state index in [1.165, 1.54) is 12.8 Å². The SMILES string of the molecule is CCOC(=O)N1CCC2(CC(N3C[C@@H]4[C@H](C3)[C@@H]4C(=O)N(C)CC)C2)C1. The summed E-state index contributed by atoms with van der Waals surface area (Å²) < 4.78 is 5.14. The molecule has 2 heterocycles. The summed E-state index contributed by atoms with van der Waals surface area (Å²) in [6.07, 6.45) is 3.38. The topological polar surface area (TPSA) is 53.1 Å². The highest BCUT2D eigenvalue weighted by atomic mass is 16.6. The van der Waals surface area contributed by atoms with Crippen molar-refractivity contribution in [1.29, 1.82) is 0 Å². The molecule has 2 saturated heterocycles. The van der Waals surface area contributed by atoms with Gasteiger partial charge in [-0.25, -0.2) is 4.79 Å².